The SMILES string of the molecule is Cc1ccc(S(=O)(=O)N(CCCO)Cc2cc3ccc(C)cc3[nH]c2=O)cc1. The van der Waals surface area contributed by atoms with Crippen LogP contribution in [0.2, 0.25) is 0 Å². The number of fused-ring (bicyclic) bond motifs is 1. The Kier molecular flexibility index (Phi) is 5.98. The Bertz CT molecular complexity index is 1140. The Morgan fingerprint density at radius 3 is 2.36 bits per heavy atom. The van der Waals surface area contributed by atoms with E-state index in [1.54, 1.807) is 30.3 Å². The zero-order valence-corrected chi connectivity index (χ0v) is 16.8. The molecule has 2 aromatic carbocycles. The van der Waals surface area contributed by atoms with Crippen LogP contribution in [0.1, 0.15) is 23.1 Å². The summed E-state index contributed by atoms with van der Waals surface area (Å²) in [6, 6.07) is 14.0. The van der Waals surface area contributed by atoms with Crippen LogP contribution in [0.15, 0.2) is 58.2 Å². The Labute approximate surface area is 164 Å². The summed E-state index contributed by atoms with van der Waals surface area (Å²) >= 11 is 0. The van der Waals surface area contributed by atoms with Crippen LogP contribution in [-0.4, -0.2) is 36.0 Å². The molecule has 7 heteroatoms. The molecule has 0 bridgehead atoms. The number of hydrogen-bond donors (Lipinski definition) is 2. The molecule has 28 heavy (non-hydrogen) atoms. The van der Waals surface area contributed by atoms with Crippen LogP contribution in [0.3, 0.4) is 0 Å². The summed E-state index contributed by atoms with van der Waals surface area (Å²) < 4.78 is 27.5. The van der Waals surface area contributed by atoms with Gasteiger partial charge in [-0.15, -0.1) is 0 Å². The van der Waals surface area contributed by atoms with Gasteiger partial charge in [-0.3, -0.25) is 4.79 Å². The summed E-state index contributed by atoms with van der Waals surface area (Å²) in [7, 11) is -3.80. The molecule has 2 N–H and O–H groups in total. The van der Waals surface area contributed by atoms with E-state index in [1.165, 1.54) is 4.31 Å². The minimum absolute atomic E-state index is 0.0602. The Morgan fingerprint density at radius 2 is 1.68 bits per heavy atom. The summed E-state index contributed by atoms with van der Waals surface area (Å²) in [5.41, 5.74) is 2.76. The number of benzene rings is 2. The van der Waals surface area contributed by atoms with Crippen molar-refractivity contribution >= 4 is 20.9 Å². The summed E-state index contributed by atoms with van der Waals surface area (Å²) in [5.74, 6) is 0. The van der Waals surface area contributed by atoms with Gasteiger partial charge >= 0.3 is 0 Å². The molecule has 0 aliphatic heterocycles. The molecule has 0 aliphatic carbocycles. The van der Waals surface area contributed by atoms with Crippen LogP contribution in [0.25, 0.3) is 10.9 Å². The highest BCUT2D eigenvalue weighted by atomic mass is 32.2. The van der Waals surface area contributed by atoms with E-state index in [0.717, 1.165) is 22.0 Å². The van der Waals surface area contributed by atoms with Crippen molar-refractivity contribution < 1.29 is 13.5 Å². The van der Waals surface area contributed by atoms with E-state index in [0.29, 0.717) is 5.56 Å². The summed E-state index contributed by atoms with van der Waals surface area (Å²) in [6.45, 7) is 3.76. The summed E-state index contributed by atoms with van der Waals surface area (Å²) in [6.07, 6.45) is 0.287. The van der Waals surface area contributed by atoms with Gasteiger partial charge in [-0.1, -0.05) is 29.8 Å². The quantitative estimate of drug-likeness (QED) is 0.638. The number of nitrogens with zero attached hydrogens (tertiary/aromatic N) is 1. The minimum Gasteiger partial charge on any atom is -0.396 e. The maximum Gasteiger partial charge on any atom is 0.252 e. The number of aliphatic hydroxyl groups excluding tert-OH is 1. The van der Waals surface area contributed by atoms with E-state index in [-0.39, 0.29) is 36.6 Å². The first kappa shape index (κ1) is 20.3. The van der Waals surface area contributed by atoms with Gasteiger partial charge in [0.05, 0.1) is 4.90 Å². The van der Waals surface area contributed by atoms with E-state index < -0.39 is 10.0 Å². The average molecular weight is 401 g/mol. The molecule has 3 rings (SSSR count). The van der Waals surface area contributed by atoms with Crippen LogP contribution in [-0.2, 0) is 16.6 Å². The number of sulfonamides is 1. The van der Waals surface area contributed by atoms with Crippen LogP contribution in [0.5, 0.6) is 0 Å². The number of aliphatic hydroxyl groups is 1. The summed E-state index contributed by atoms with van der Waals surface area (Å²) in [5, 5.41) is 10.0. The van der Waals surface area contributed by atoms with Gasteiger partial charge in [0.2, 0.25) is 10.0 Å². The fourth-order valence-electron chi connectivity index (χ4n) is 3.06. The van der Waals surface area contributed by atoms with Crippen molar-refractivity contribution in [3.63, 3.8) is 0 Å². The maximum absolute atomic E-state index is 13.1. The lowest BCUT2D eigenvalue weighted by Crippen LogP contribution is -2.34. The molecule has 0 fully saturated rings. The van der Waals surface area contributed by atoms with Gasteiger partial charge in [0.15, 0.2) is 0 Å². The third kappa shape index (κ3) is 4.32. The first-order valence-electron chi connectivity index (χ1n) is 9.11. The number of aryl methyl sites for hydroxylation is 2. The van der Waals surface area contributed by atoms with E-state index in [4.69, 9.17) is 0 Å². The van der Waals surface area contributed by atoms with Gasteiger partial charge in [0.1, 0.15) is 0 Å². The average Bonchev–Trinajstić information content (AvgIpc) is 2.65. The molecule has 0 unspecified atom stereocenters. The number of aromatic nitrogens is 1. The topological polar surface area (TPSA) is 90.5 Å². The van der Waals surface area contributed by atoms with Gasteiger partial charge in [0, 0.05) is 30.8 Å². The van der Waals surface area contributed by atoms with E-state index in [1.807, 2.05) is 32.0 Å². The van der Waals surface area contributed by atoms with Gasteiger partial charge in [-0.25, -0.2) is 8.42 Å². The van der Waals surface area contributed by atoms with Crippen LogP contribution < -0.4 is 5.56 Å². The number of rotatable bonds is 7. The largest absolute Gasteiger partial charge is 0.396 e. The molecular weight excluding hydrogens is 376 g/mol. The van der Waals surface area contributed by atoms with Crippen molar-refractivity contribution in [2.75, 3.05) is 13.2 Å². The standard InChI is InChI=1S/C21H24N2O4S/c1-15-5-8-19(9-6-15)28(26,27)23(10-3-11-24)14-18-13-17-7-4-16(2)12-20(17)22-21(18)25/h4-9,12-13,24H,3,10-11,14H2,1-2H3,(H,22,25). The summed E-state index contributed by atoms with van der Waals surface area (Å²) in [4.78, 5) is 15.5. The second-order valence-electron chi connectivity index (χ2n) is 6.94. The molecule has 0 atom stereocenters. The lowest BCUT2D eigenvalue weighted by atomic mass is 10.1. The normalized spacial score (nSPS) is 12.0. The van der Waals surface area contributed by atoms with Crippen LogP contribution >= 0.6 is 0 Å². The zero-order valence-electron chi connectivity index (χ0n) is 16.0. The van der Waals surface area contributed by atoms with Gasteiger partial charge in [0.25, 0.3) is 5.56 Å². The molecule has 0 saturated heterocycles. The van der Waals surface area contributed by atoms with Crippen molar-refractivity contribution in [2.45, 2.75) is 31.7 Å². The molecule has 0 spiro atoms. The highest BCUT2D eigenvalue weighted by Gasteiger charge is 2.25. The first-order valence-corrected chi connectivity index (χ1v) is 10.6. The molecule has 3 aromatic rings. The van der Waals surface area contributed by atoms with Crippen molar-refractivity contribution in [2.24, 2.45) is 0 Å². The predicted octanol–water partition coefficient (Wildman–Crippen LogP) is 2.72. The molecule has 0 aliphatic rings. The van der Waals surface area contributed by atoms with Crippen molar-refractivity contribution in [3.05, 3.63) is 75.6 Å². The van der Waals surface area contributed by atoms with Gasteiger partial charge in [-0.2, -0.15) is 4.31 Å². The zero-order chi connectivity index (χ0) is 20.3. The van der Waals surface area contributed by atoms with Crippen molar-refractivity contribution in [3.8, 4) is 0 Å². The fraction of sp³-hybridized carbons (Fsp3) is 0.286. The minimum atomic E-state index is -3.80. The number of aromatic amines is 1. The second kappa shape index (κ2) is 8.26. The molecule has 1 aromatic heterocycles. The van der Waals surface area contributed by atoms with Crippen LogP contribution in [0, 0.1) is 13.8 Å². The Balaban J connectivity index is 2.00. The van der Waals surface area contributed by atoms with Crippen molar-refractivity contribution in [1.82, 2.24) is 9.29 Å². The monoisotopic (exact) mass is 400 g/mol. The molecule has 148 valence electrons. The molecule has 0 saturated carbocycles. The van der Waals surface area contributed by atoms with E-state index >= 15 is 0 Å². The Morgan fingerprint density at radius 1 is 1.00 bits per heavy atom. The third-order valence-electron chi connectivity index (χ3n) is 4.65. The fourth-order valence-corrected chi connectivity index (χ4v) is 4.51. The van der Waals surface area contributed by atoms with E-state index in [2.05, 4.69) is 4.98 Å². The molecule has 1 heterocycles. The lowest BCUT2D eigenvalue weighted by molar-refractivity contribution is 0.267. The smallest absolute Gasteiger partial charge is 0.252 e. The van der Waals surface area contributed by atoms with E-state index in [9.17, 15) is 18.3 Å². The van der Waals surface area contributed by atoms with Crippen LogP contribution in [0.4, 0.5) is 0 Å². The molecule has 0 amide bonds. The maximum atomic E-state index is 13.1. The van der Waals surface area contributed by atoms with Crippen molar-refractivity contribution in [1.29, 1.82) is 0 Å². The predicted molar refractivity (Wildman–Crippen MR) is 110 cm³/mol. The lowest BCUT2D eigenvalue weighted by Gasteiger charge is -2.22. The Hall–Kier alpha value is -2.48. The van der Waals surface area contributed by atoms with Gasteiger partial charge < -0.3 is 10.1 Å². The first-order chi connectivity index (χ1) is 13.3. The highest BCUT2D eigenvalue weighted by Crippen LogP contribution is 2.20. The number of hydrogen-bond acceptors (Lipinski definition) is 4. The number of H-pyrrole nitrogens is 1. The number of pyridine rings is 1. The third-order valence-corrected chi connectivity index (χ3v) is 6.51. The number of nitrogens with one attached hydrogen (secondary N) is 1. The van der Waals surface area contributed by atoms with Gasteiger partial charge in [-0.05, 0) is 55.5 Å². The highest BCUT2D eigenvalue weighted by molar-refractivity contribution is 7.89. The second-order valence-corrected chi connectivity index (χ2v) is 8.88. The molecular formula is C21H24N2O4S. The molecule has 6 nitrogen and oxygen atoms in total. The molecule has 0 radical (unpaired) electrons.